The standard InChI is InChI=1S/C25H35N5O5/c1-2-3-14-28-25(32)18-7-9-19(10-8-18)29(20-11-15-27-16-12-20)23(13-17-31)35-22-6-4-5-21(24(22)26)30(33)34/h4-10,20,23,27,31H,2-3,11-17,26H2,1H3,(H,28,32). The molecule has 35 heavy (non-hydrogen) atoms. The van der Waals surface area contributed by atoms with Gasteiger partial charge in [0.15, 0.2) is 17.7 Å². The maximum Gasteiger partial charge on any atom is 0.295 e. The van der Waals surface area contributed by atoms with E-state index in [0.29, 0.717) is 12.1 Å². The largest absolute Gasteiger partial charge is 0.468 e. The Balaban J connectivity index is 1.90. The maximum atomic E-state index is 12.4. The molecule has 0 saturated carbocycles. The number of nitrogens with two attached hydrogens (primary N) is 1. The predicted molar refractivity (Wildman–Crippen MR) is 136 cm³/mol. The lowest BCUT2D eigenvalue weighted by molar-refractivity contribution is -0.384. The summed E-state index contributed by atoms with van der Waals surface area (Å²) in [6.45, 7) is 4.24. The SMILES string of the molecule is CCCCNC(=O)c1ccc(N(C2CCNCC2)C(CCO)Oc2cccc([N+](=O)[O-])c2N)cc1. The summed E-state index contributed by atoms with van der Waals surface area (Å²) in [5.41, 5.74) is 7.18. The van der Waals surface area contributed by atoms with Gasteiger partial charge in [-0.1, -0.05) is 19.4 Å². The van der Waals surface area contributed by atoms with Crippen molar-refractivity contribution in [1.82, 2.24) is 10.6 Å². The molecule has 5 N–H and O–H groups in total. The number of amides is 1. The highest BCUT2D eigenvalue weighted by Gasteiger charge is 2.30. The number of hydrogen-bond acceptors (Lipinski definition) is 8. The molecule has 0 bridgehead atoms. The molecule has 0 aromatic heterocycles. The van der Waals surface area contributed by atoms with Gasteiger partial charge in [0.2, 0.25) is 0 Å². The number of ether oxygens (including phenoxy) is 1. The number of aliphatic hydroxyl groups is 1. The third-order valence-corrected chi connectivity index (χ3v) is 6.13. The fourth-order valence-electron chi connectivity index (χ4n) is 4.27. The van der Waals surface area contributed by atoms with Crippen molar-refractivity contribution in [3.05, 3.63) is 58.1 Å². The Bertz CT molecular complexity index is 979. The first-order valence-corrected chi connectivity index (χ1v) is 12.1. The second-order valence-electron chi connectivity index (χ2n) is 8.58. The zero-order valence-electron chi connectivity index (χ0n) is 20.1. The van der Waals surface area contributed by atoms with Gasteiger partial charge in [0.05, 0.1) is 4.92 Å². The Hall–Kier alpha value is -3.37. The molecule has 1 amide bonds. The van der Waals surface area contributed by atoms with Crippen molar-refractivity contribution in [3.63, 3.8) is 0 Å². The zero-order chi connectivity index (χ0) is 25.2. The van der Waals surface area contributed by atoms with Crippen molar-refractivity contribution in [2.45, 2.75) is 51.3 Å². The molecule has 1 aliphatic heterocycles. The number of nitrogens with one attached hydrogen (secondary N) is 2. The summed E-state index contributed by atoms with van der Waals surface area (Å²) >= 11 is 0. The first-order valence-electron chi connectivity index (χ1n) is 12.1. The smallest absolute Gasteiger partial charge is 0.295 e. The van der Waals surface area contributed by atoms with Crippen molar-refractivity contribution in [2.24, 2.45) is 0 Å². The summed E-state index contributed by atoms with van der Waals surface area (Å²) in [5.74, 6) is 0.0782. The van der Waals surface area contributed by atoms with E-state index in [2.05, 4.69) is 22.5 Å². The Labute approximate surface area is 205 Å². The van der Waals surface area contributed by atoms with Crippen molar-refractivity contribution < 1.29 is 19.6 Å². The van der Waals surface area contributed by atoms with Gasteiger partial charge in [-0.3, -0.25) is 14.9 Å². The minimum atomic E-state index is -0.614. The fraction of sp³-hybridized carbons (Fsp3) is 0.480. The number of nitrogen functional groups attached to an aromatic ring is 1. The molecular formula is C25H35N5O5. The third-order valence-electron chi connectivity index (χ3n) is 6.13. The van der Waals surface area contributed by atoms with E-state index in [1.807, 2.05) is 12.1 Å². The Morgan fingerprint density at radius 3 is 2.63 bits per heavy atom. The van der Waals surface area contributed by atoms with Crippen LogP contribution in [0.5, 0.6) is 5.75 Å². The topological polar surface area (TPSA) is 143 Å². The predicted octanol–water partition coefficient (Wildman–Crippen LogP) is 3.05. The van der Waals surface area contributed by atoms with Crippen LogP contribution in [0.15, 0.2) is 42.5 Å². The second-order valence-corrected chi connectivity index (χ2v) is 8.58. The molecule has 1 atom stereocenters. The Morgan fingerprint density at radius 2 is 2.00 bits per heavy atom. The highest BCUT2D eigenvalue weighted by molar-refractivity contribution is 5.94. The minimum Gasteiger partial charge on any atom is -0.468 e. The highest BCUT2D eigenvalue weighted by atomic mass is 16.6. The molecule has 0 radical (unpaired) electrons. The number of anilines is 2. The lowest BCUT2D eigenvalue weighted by Gasteiger charge is -2.41. The highest BCUT2D eigenvalue weighted by Crippen LogP contribution is 2.34. The van der Waals surface area contributed by atoms with Gasteiger partial charge in [-0.05, 0) is 62.7 Å². The molecule has 190 valence electrons. The van der Waals surface area contributed by atoms with Gasteiger partial charge in [0.25, 0.3) is 11.6 Å². The van der Waals surface area contributed by atoms with Crippen LogP contribution >= 0.6 is 0 Å². The van der Waals surface area contributed by atoms with Crippen LogP contribution in [0.4, 0.5) is 17.1 Å². The monoisotopic (exact) mass is 485 g/mol. The number of rotatable bonds is 12. The molecule has 0 spiro atoms. The van der Waals surface area contributed by atoms with Crippen LogP contribution in [0, 0.1) is 10.1 Å². The summed E-state index contributed by atoms with van der Waals surface area (Å²) in [6.07, 6.45) is 3.30. The number of para-hydroxylation sites is 1. The van der Waals surface area contributed by atoms with Gasteiger partial charge in [0, 0.05) is 42.9 Å². The molecule has 1 saturated heterocycles. The number of aliphatic hydroxyl groups excluding tert-OH is 1. The van der Waals surface area contributed by atoms with Gasteiger partial charge in [-0.2, -0.15) is 0 Å². The zero-order valence-corrected chi connectivity index (χ0v) is 20.1. The molecule has 10 heteroatoms. The molecule has 1 aliphatic rings. The molecule has 1 heterocycles. The van der Waals surface area contributed by atoms with Crippen LogP contribution in [0.1, 0.15) is 49.4 Å². The number of unbranched alkanes of at least 4 members (excludes halogenated alkanes) is 1. The first kappa shape index (κ1) is 26.2. The molecular weight excluding hydrogens is 450 g/mol. The van der Waals surface area contributed by atoms with Gasteiger partial charge in [-0.25, -0.2) is 0 Å². The number of hydrogen-bond donors (Lipinski definition) is 4. The van der Waals surface area contributed by atoms with E-state index in [1.54, 1.807) is 18.2 Å². The number of carbonyl (C=O) groups is 1. The minimum absolute atomic E-state index is 0.0511. The molecule has 1 fully saturated rings. The van der Waals surface area contributed by atoms with Crippen molar-refractivity contribution in [1.29, 1.82) is 0 Å². The van der Waals surface area contributed by atoms with Gasteiger partial charge in [-0.15, -0.1) is 0 Å². The molecule has 0 aliphatic carbocycles. The second kappa shape index (κ2) is 12.9. The summed E-state index contributed by atoms with van der Waals surface area (Å²) in [4.78, 5) is 25.3. The maximum absolute atomic E-state index is 12.4. The Kier molecular flexibility index (Phi) is 9.68. The van der Waals surface area contributed by atoms with E-state index in [9.17, 15) is 20.0 Å². The van der Waals surface area contributed by atoms with Crippen LogP contribution in [0.2, 0.25) is 0 Å². The van der Waals surface area contributed by atoms with E-state index < -0.39 is 11.2 Å². The van der Waals surface area contributed by atoms with Crippen LogP contribution in [0.25, 0.3) is 0 Å². The number of nitrogens with zero attached hydrogens (tertiary/aromatic N) is 2. The van der Waals surface area contributed by atoms with Gasteiger partial charge < -0.3 is 31.1 Å². The Morgan fingerprint density at radius 1 is 1.29 bits per heavy atom. The van der Waals surface area contributed by atoms with E-state index >= 15 is 0 Å². The molecule has 2 aromatic carbocycles. The fourth-order valence-corrected chi connectivity index (χ4v) is 4.27. The van der Waals surface area contributed by atoms with E-state index in [0.717, 1.165) is 44.5 Å². The summed E-state index contributed by atoms with van der Waals surface area (Å²) in [7, 11) is 0. The van der Waals surface area contributed by atoms with Crippen LogP contribution < -0.4 is 26.0 Å². The number of carbonyl (C=O) groups excluding carboxylic acids is 1. The summed E-state index contributed by atoms with van der Waals surface area (Å²) in [5, 5.41) is 27.4. The number of piperidine rings is 1. The average molecular weight is 486 g/mol. The van der Waals surface area contributed by atoms with Gasteiger partial charge in [0.1, 0.15) is 0 Å². The molecule has 10 nitrogen and oxygen atoms in total. The lowest BCUT2D eigenvalue weighted by Crippen LogP contribution is -2.51. The van der Waals surface area contributed by atoms with Gasteiger partial charge >= 0.3 is 0 Å². The van der Waals surface area contributed by atoms with E-state index in [1.165, 1.54) is 12.1 Å². The first-order chi connectivity index (χ1) is 17.0. The summed E-state index contributed by atoms with van der Waals surface area (Å²) < 4.78 is 6.23. The average Bonchev–Trinajstić information content (AvgIpc) is 2.86. The molecule has 1 unspecified atom stereocenters. The molecule has 3 rings (SSSR count). The normalized spacial score (nSPS) is 14.8. The molecule has 2 aromatic rings. The third kappa shape index (κ3) is 6.83. The van der Waals surface area contributed by atoms with Crippen LogP contribution in [-0.4, -0.2) is 54.4 Å². The quantitative estimate of drug-likeness (QED) is 0.118. The van der Waals surface area contributed by atoms with E-state index in [-0.39, 0.29) is 42.1 Å². The van der Waals surface area contributed by atoms with Crippen molar-refractivity contribution >= 4 is 23.0 Å². The lowest BCUT2D eigenvalue weighted by atomic mass is 10.0. The summed E-state index contributed by atoms with van der Waals surface area (Å²) in [6, 6.07) is 11.9. The van der Waals surface area contributed by atoms with E-state index in [4.69, 9.17) is 10.5 Å². The van der Waals surface area contributed by atoms with Crippen molar-refractivity contribution in [2.75, 3.05) is 36.9 Å². The van der Waals surface area contributed by atoms with Crippen LogP contribution in [-0.2, 0) is 0 Å². The number of nitro benzene ring substituents is 1. The van der Waals surface area contributed by atoms with Crippen LogP contribution in [0.3, 0.4) is 0 Å². The van der Waals surface area contributed by atoms with Crippen molar-refractivity contribution in [3.8, 4) is 5.75 Å². The number of nitro groups is 1. The number of benzene rings is 2.